The van der Waals surface area contributed by atoms with E-state index in [4.69, 9.17) is 4.40 Å². The minimum Gasteiger partial charge on any atom is -0.310 e. The molecule has 0 aromatic heterocycles. The molecule has 4 rings (SSSR count). The molecule has 0 N–H and O–H groups in total. The number of hydrogen-bond donors (Lipinski definition) is 0. The summed E-state index contributed by atoms with van der Waals surface area (Å²) in [5.41, 5.74) is 6.90. The van der Waals surface area contributed by atoms with E-state index < -0.39 is 0 Å². The van der Waals surface area contributed by atoms with Crippen molar-refractivity contribution < 1.29 is 0 Å². The summed E-state index contributed by atoms with van der Waals surface area (Å²) in [5, 5.41) is 0.345. The number of anilines is 1. The highest BCUT2D eigenvalue weighted by Crippen LogP contribution is 2.51. The molecule has 0 saturated carbocycles. The molecule has 2 heterocycles. The summed E-state index contributed by atoms with van der Waals surface area (Å²) in [6, 6.07) is 15.4. The highest BCUT2D eigenvalue weighted by Gasteiger charge is 2.44. The first-order chi connectivity index (χ1) is 11.6. The van der Waals surface area contributed by atoms with Crippen LogP contribution < -0.4 is 4.90 Å². The zero-order valence-electron chi connectivity index (χ0n) is 14.8. The van der Waals surface area contributed by atoms with Crippen LogP contribution in [0.1, 0.15) is 45.2 Å². The number of benzene rings is 2. The zero-order valence-corrected chi connectivity index (χ0v) is 15.7. The average Bonchev–Trinajstić information content (AvgIpc) is 3.07. The summed E-state index contributed by atoms with van der Waals surface area (Å²) in [6.45, 7) is 9.24. The van der Waals surface area contributed by atoms with Crippen molar-refractivity contribution in [3.05, 3.63) is 53.6 Å². The second-order valence-corrected chi connectivity index (χ2v) is 8.14. The first kappa shape index (κ1) is 15.8. The first-order valence-corrected chi connectivity index (χ1v) is 9.67. The minimum atomic E-state index is 0.195. The van der Waals surface area contributed by atoms with E-state index in [2.05, 4.69) is 75.1 Å². The van der Waals surface area contributed by atoms with Gasteiger partial charge in [-0.2, -0.15) is 4.40 Å². The molecule has 0 aliphatic carbocycles. The second-order valence-electron chi connectivity index (χ2n) is 7.30. The Labute approximate surface area is 149 Å². The summed E-state index contributed by atoms with van der Waals surface area (Å²) in [6.07, 6.45) is 2.17. The van der Waals surface area contributed by atoms with Crippen molar-refractivity contribution >= 4 is 23.5 Å². The molecule has 3 heteroatoms. The van der Waals surface area contributed by atoms with Crippen LogP contribution in [0.15, 0.2) is 46.9 Å². The van der Waals surface area contributed by atoms with Gasteiger partial charge in [0.15, 0.2) is 0 Å². The van der Waals surface area contributed by atoms with Crippen LogP contribution >= 0.6 is 11.9 Å². The highest BCUT2D eigenvalue weighted by atomic mass is 32.2. The fraction of sp³-hybridized carbons (Fsp3) is 0.381. The highest BCUT2D eigenvalue weighted by molar-refractivity contribution is 7.99. The molecular formula is C21H24N2S. The summed E-state index contributed by atoms with van der Waals surface area (Å²) < 4.78 is 4.93. The van der Waals surface area contributed by atoms with Gasteiger partial charge in [0.05, 0.1) is 5.69 Å². The van der Waals surface area contributed by atoms with Gasteiger partial charge < -0.3 is 4.90 Å². The first-order valence-electron chi connectivity index (χ1n) is 8.83. The predicted octanol–water partition coefficient (Wildman–Crippen LogP) is 5.91. The van der Waals surface area contributed by atoms with Gasteiger partial charge >= 0.3 is 0 Å². The number of fused-ring (bicyclic) bond motifs is 6. The third-order valence-electron chi connectivity index (χ3n) is 5.48. The van der Waals surface area contributed by atoms with Gasteiger partial charge in [-0.15, -0.1) is 0 Å². The third-order valence-corrected chi connectivity index (χ3v) is 6.81. The topological polar surface area (TPSA) is 15.6 Å². The van der Waals surface area contributed by atoms with E-state index in [-0.39, 0.29) is 5.41 Å². The van der Waals surface area contributed by atoms with Crippen molar-refractivity contribution in [2.24, 2.45) is 9.81 Å². The monoisotopic (exact) mass is 336 g/mol. The molecule has 0 saturated heterocycles. The number of para-hydroxylation sites is 1. The number of nitrogens with zero attached hydrogens (tertiary/aromatic N) is 2. The van der Waals surface area contributed by atoms with E-state index >= 15 is 0 Å². The zero-order chi connectivity index (χ0) is 16.9. The second kappa shape index (κ2) is 5.66. The Morgan fingerprint density at radius 3 is 2.42 bits per heavy atom. The summed E-state index contributed by atoms with van der Waals surface area (Å²) in [4.78, 5) is 2.52. The van der Waals surface area contributed by atoms with E-state index in [1.54, 1.807) is 11.9 Å². The normalized spacial score (nSPS) is 18.8. The van der Waals surface area contributed by atoms with E-state index in [0.29, 0.717) is 5.37 Å². The van der Waals surface area contributed by atoms with Gasteiger partial charge in [-0.05, 0) is 29.4 Å². The lowest BCUT2D eigenvalue weighted by Crippen LogP contribution is -2.45. The summed E-state index contributed by atoms with van der Waals surface area (Å²) in [7, 11) is 0. The van der Waals surface area contributed by atoms with Gasteiger partial charge in [-0.25, -0.2) is 0 Å². The smallest absolute Gasteiger partial charge is 0.150 e. The number of rotatable bonds is 3. The van der Waals surface area contributed by atoms with Crippen molar-refractivity contribution in [2.75, 3.05) is 4.90 Å². The van der Waals surface area contributed by atoms with Crippen molar-refractivity contribution in [1.29, 1.82) is 0 Å². The standard InChI is InChI=1S/C21H24N2S/c1-5-14-10-9-13-16-15-11-7-8-12-17(15)19-22-24-20(21(3,4)6-2)23(19)18(14)16/h7-13,20H,5-6H2,1-4H3. The number of aryl methyl sites for hydroxylation is 1. The third kappa shape index (κ3) is 2.14. The molecule has 2 aliphatic heterocycles. The lowest BCUT2D eigenvalue weighted by Gasteiger charge is -2.41. The van der Waals surface area contributed by atoms with Crippen molar-refractivity contribution in [1.82, 2.24) is 0 Å². The maximum Gasteiger partial charge on any atom is 0.150 e. The summed E-state index contributed by atoms with van der Waals surface area (Å²) >= 11 is 1.74. The Bertz CT molecular complexity index is 822. The van der Waals surface area contributed by atoms with Gasteiger partial charge in [-0.3, -0.25) is 0 Å². The lowest BCUT2D eigenvalue weighted by atomic mass is 9.85. The molecule has 2 nitrogen and oxygen atoms in total. The maximum absolute atomic E-state index is 4.93. The van der Waals surface area contributed by atoms with E-state index in [0.717, 1.165) is 18.7 Å². The molecule has 0 radical (unpaired) electrons. The van der Waals surface area contributed by atoms with E-state index in [1.807, 2.05) is 0 Å². The van der Waals surface area contributed by atoms with Crippen LogP contribution in [0.2, 0.25) is 0 Å². The van der Waals surface area contributed by atoms with Gasteiger partial charge in [-0.1, -0.05) is 70.2 Å². The van der Waals surface area contributed by atoms with Gasteiger partial charge in [0.25, 0.3) is 0 Å². The molecule has 124 valence electrons. The molecular weight excluding hydrogens is 312 g/mol. The lowest BCUT2D eigenvalue weighted by molar-refractivity contribution is 0.343. The minimum absolute atomic E-state index is 0.195. The Morgan fingerprint density at radius 1 is 1.00 bits per heavy atom. The van der Waals surface area contributed by atoms with Crippen LogP contribution in [0.4, 0.5) is 5.69 Å². The molecule has 2 aromatic carbocycles. The van der Waals surface area contributed by atoms with E-state index in [9.17, 15) is 0 Å². The fourth-order valence-corrected chi connectivity index (χ4v) is 4.80. The molecule has 24 heavy (non-hydrogen) atoms. The Morgan fingerprint density at radius 2 is 1.71 bits per heavy atom. The van der Waals surface area contributed by atoms with Crippen LogP contribution in [0.5, 0.6) is 0 Å². The number of amidine groups is 1. The molecule has 1 unspecified atom stereocenters. The fourth-order valence-electron chi connectivity index (χ4n) is 3.66. The maximum atomic E-state index is 4.93. The Hall–Kier alpha value is -1.74. The Kier molecular flexibility index (Phi) is 3.72. The molecule has 0 spiro atoms. The predicted molar refractivity (Wildman–Crippen MR) is 106 cm³/mol. The molecule has 0 bridgehead atoms. The Balaban J connectivity index is 1.99. The average molecular weight is 337 g/mol. The molecule has 1 atom stereocenters. The van der Waals surface area contributed by atoms with E-state index in [1.165, 1.54) is 27.9 Å². The van der Waals surface area contributed by atoms with Gasteiger partial charge in [0.2, 0.25) is 0 Å². The van der Waals surface area contributed by atoms with Gasteiger partial charge in [0, 0.05) is 23.1 Å². The van der Waals surface area contributed by atoms with Crippen molar-refractivity contribution in [3.63, 3.8) is 0 Å². The van der Waals surface area contributed by atoms with Crippen LogP contribution in [0.3, 0.4) is 0 Å². The molecule has 2 aromatic rings. The molecule has 0 amide bonds. The number of hydrogen-bond acceptors (Lipinski definition) is 3. The van der Waals surface area contributed by atoms with Crippen LogP contribution in [-0.4, -0.2) is 11.2 Å². The van der Waals surface area contributed by atoms with Crippen LogP contribution in [0.25, 0.3) is 11.1 Å². The van der Waals surface area contributed by atoms with Crippen molar-refractivity contribution in [2.45, 2.75) is 45.9 Å². The quantitative estimate of drug-likeness (QED) is 0.648. The largest absolute Gasteiger partial charge is 0.310 e. The van der Waals surface area contributed by atoms with Crippen LogP contribution in [-0.2, 0) is 6.42 Å². The summed E-state index contributed by atoms with van der Waals surface area (Å²) in [5.74, 6) is 1.13. The van der Waals surface area contributed by atoms with Gasteiger partial charge in [0.1, 0.15) is 11.2 Å². The molecule has 0 fully saturated rings. The van der Waals surface area contributed by atoms with Crippen LogP contribution in [0, 0.1) is 5.41 Å². The SMILES string of the molecule is CCc1cccc2c1N1C(=NSC1C(C)(C)CC)c1ccccc1-2. The van der Waals surface area contributed by atoms with Crippen molar-refractivity contribution in [3.8, 4) is 11.1 Å². The molecule has 2 aliphatic rings.